The normalized spacial score (nSPS) is 52.5. The van der Waals surface area contributed by atoms with Crippen LogP contribution >= 0.6 is 0 Å². The first kappa shape index (κ1) is 11.8. The molecule has 102 valence electrons. The van der Waals surface area contributed by atoms with E-state index < -0.39 is 0 Å². The highest BCUT2D eigenvalue weighted by molar-refractivity contribution is 5.06. The van der Waals surface area contributed by atoms with Crippen LogP contribution in [0.3, 0.4) is 0 Å². The minimum atomic E-state index is 0.758. The molecule has 4 bridgehead atoms. The number of nitrogens with zero attached hydrogens (tertiary/aromatic N) is 1. The lowest BCUT2D eigenvalue weighted by atomic mass is 9.47. The van der Waals surface area contributed by atoms with Crippen molar-refractivity contribution in [3.8, 4) is 0 Å². The highest BCUT2D eigenvalue weighted by Gasteiger charge is 2.54. The van der Waals surface area contributed by atoms with Gasteiger partial charge in [0.2, 0.25) is 0 Å². The molecule has 1 nitrogen and oxygen atoms in total. The molecule has 0 aromatic carbocycles. The Morgan fingerprint density at radius 2 is 1.44 bits per heavy atom. The maximum atomic E-state index is 2.76. The zero-order valence-corrected chi connectivity index (χ0v) is 12.0. The highest BCUT2D eigenvalue weighted by Crippen LogP contribution is 2.62. The molecule has 0 amide bonds. The zero-order chi connectivity index (χ0) is 12.2. The number of hydrogen-bond donors (Lipinski definition) is 0. The van der Waals surface area contributed by atoms with Crippen LogP contribution in [0.25, 0.3) is 0 Å². The van der Waals surface area contributed by atoms with Crippen LogP contribution in [-0.4, -0.2) is 24.5 Å². The molecular weight excluding hydrogens is 218 g/mol. The van der Waals surface area contributed by atoms with Crippen molar-refractivity contribution in [1.82, 2.24) is 4.90 Å². The molecule has 5 aliphatic rings. The summed E-state index contributed by atoms with van der Waals surface area (Å²) in [5.74, 6) is 3.36. The molecule has 0 radical (unpaired) electrons. The molecule has 1 heteroatoms. The molecule has 0 N–H and O–H groups in total. The molecule has 0 aromatic rings. The Morgan fingerprint density at radius 3 is 2.06 bits per heavy atom. The van der Waals surface area contributed by atoms with Crippen LogP contribution in [0.2, 0.25) is 0 Å². The molecule has 0 spiro atoms. The van der Waals surface area contributed by atoms with Gasteiger partial charge in [-0.1, -0.05) is 12.8 Å². The Bertz CT molecular complexity index is 286. The molecule has 4 aliphatic carbocycles. The van der Waals surface area contributed by atoms with Crippen molar-refractivity contribution in [2.45, 2.75) is 70.3 Å². The molecule has 1 atom stereocenters. The molecule has 1 heterocycles. The van der Waals surface area contributed by atoms with E-state index in [1.165, 1.54) is 32.2 Å². The van der Waals surface area contributed by atoms with Gasteiger partial charge in [0.15, 0.2) is 0 Å². The van der Waals surface area contributed by atoms with Crippen LogP contribution in [0.15, 0.2) is 0 Å². The van der Waals surface area contributed by atoms with Crippen molar-refractivity contribution in [3.63, 3.8) is 0 Å². The summed E-state index contributed by atoms with van der Waals surface area (Å²) in [4.78, 5) is 2.76. The first-order valence-corrected chi connectivity index (χ1v) is 8.45. The van der Waals surface area contributed by atoms with Gasteiger partial charge in [0.1, 0.15) is 0 Å². The number of hydrogen-bond acceptors (Lipinski definition) is 1. The molecule has 1 aliphatic heterocycles. The predicted octanol–water partition coefficient (Wildman–Crippen LogP) is 4.08. The number of likely N-dealkylation sites (tertiary alicyclic amines) is 1. The monoisotopic (exact) mass is 247 g/mol. The van der Waals surface area contributed by atoms with E-state index in [1.54, 1.807) is 38.5 Å². The van der Waals surface area contributed by atoms with Crippen LogP contribution in [0.4, 0.5) is 0 Å². The lowest BCUT2D eigenvalue weighted by Gasteiger charge is -2.60. The Morgan fingerprint density at radius 1 is 0.833 bits per heavy atom. The largest absolute Gasteiger partial charge is 0.303 e. The van der Waals surface area contributed by atoms with Crippen molar-refractivity contribution in [2.75, 3.05) is 13.6 Å². The van der Waals surface area contributed by atoms with E-state index in [2.05, 4.69) is 11.9 Å². The van der Waals surface area contributed by atoms with E-state index in [4.69, 9.17) is 0 Å². The van der Waals surface area contributed by atoms with E-state index in [1.807, 2.05) is 0 Å². The summed E-state index contributed by atoms with van der Waals surface area (Å²) in [5, 5.41) is 0. The fourth-order valence-electron chi connectivity index (χ4n) is 6.61. The molecular formula is C17H29N. The summed E-state index contributed by atoms with van der Waals surface area (Å²) >= 11 is 0. The van der Waals surface area contributed by atoms with Gasteiger partial charge in [-0.3, -0.25) is 0 Å². The molecule has 4 saturated carbocycles. The maximum Gasteiger partial charge on any atom is 0.0149 e. The SMILES string of the molecule is CN1CCCCC[C@H]1C12CC3CC(CC(C3)C1)C2. The van der Waals surface area contributed by atoms with Gasteiger partial charge in [0.05, 0.1) is 0 Å². The van der Waals surface area contributed by atoms with E-state index in [0.29, 0.717) is 0 Å². The third-order valence-electron chi connectivity index (χ3n) is 6.81. The van der Waals surface area contributed by atoms with Crippen LogP contribution in [0.5, 0.6) is 0 Å². The third-order valence-corrected chi connectivity index (χ3v) is 6.81. The van der Waals surface area contributed by atoms with Crippen LogP contribution in [0, 0.1) is 23.2 Å². The standard InChI is InChI=1S/C17H29N/c1-18-6-4-2-3-5-16(18)17-10-13-7-14(11-17)9-15(8-13)12-17/h13-16H,2-12H2,1H3/t13?,14?,15?,16-,17?/m0/s1. The Kier molecular flexibility index (Phi) is 2.76. The summed E-state index contributed by atoms with van der Waals surface area (Å²) in [6.07, 6.45) is 15.5. The average Bonchev–Trinajstić information content (AvgIpc) is 2.52. The van der Waals surface area contributed by atoms with Gasteiger partial charge in [-0.2, -0.15) is 0 Å². The lowest BCUT2D eigenvalue weighted by molar-refractivity contribution is -0.0973. The van der Waals surface area contributed by atoms with Gasteiger partial charge in [-0.15, -0.1) is 0 Å². The van der Waals surface area contributed by atoms with Gasteiger partial charge in [-0.05, 0) is 88.1 Å². The minimum Gasteiger partial charge on any atom is -0.303 e. The highest BCUT2D eigenvalue weighted by atomic mass is 15.1. The Balaban J connectivity index is 1.62. The molecule has 5 rings (SSSR count). The van der Waals surface area contributed by atoms with Crippen molar-refractivity contribution < 1.29 is 0 Å². The smallest absolute Gasteiger partial charge is 0.0149 e. The van der Waals surface area contributed by atoms with Crippen molar-refractivity contribution in [1.29, 1.82) is 0 Å². The van der Waals surface area contributed by atoms with E-state index >= 15 is 0 Å². The molecule has 1 saturated heterocycles. The lowest BCUT2D eigenvalue weighted by Crippen LogP contribution is -2.56. The second kappa shape index (κ2) is 4.23. The summed E-state index contributed by atoms with van der Waals surface area (Å²) < 4.78 is 0. The Hall–Kier alpha value is -0.0400. The van der Waals surface area contributed by atoms with E-state index in [9.17, 15) is 0 Å². The summed E-state index contributed by atoms with van der Waals surface area (Å²) in [6.45, 7) is 1.37. The minimum absolute atomic E-state index is 0.758. The van der Waals surface area contributed by atoms with Gasteiger partial charge < -0.3 is 4.90 Å². The van der Waals surface area contributed by atoms with Gasteiger partial charge in [0, 0.05) is 6.04 Å². The van der Waals surface area contributed by atoms with Gasteiger partial charge in [0.25, 0.3) is 0 Å². The van der Waals surface area contributed by atoms with Crippen LogP contribution < -0.4 is 0 Å². The Labute approximate surface area is 112 Å². The molecule has 0 aromatic heterocycles. The van der Waals surface area contributed by atoms with Crippen LogP contribution in [0.1, 0.15) is 64.2 Å². The summed E-state index contributed by atoms with van der Waals surface area (Å²) in [6, 6.07) is 0.938. The fourth-order valence-corrected chi connectivity index (χ4v) is 6.61. The first-order valence-electron chi connectivity index (χ1n) is 8.45. The summed E-state index contributed by atoms with van der Waals surface area (Å²) in [7, 11) is 2.43. The first-order chi connectivity index (χ1) is 8.75. The zero-order valence-electron chi connectivity index (χ0n) is 12.0. The predicted molar refractivity (Wildman–Crippen MR) is 75.5 cm³/mol. The quantitative estimate of drug-likeness (QED) is 0.675. The molecule has 0 unspecified atom stereocenters. The van der Waals surface area contributed by atoms with Crippen molar-refractivity contribution in [2.24, 2.45) is 23.2 Å². The molecule has 18 heavy (non-hydrogen) atoms. The third kappa shape index (κ3) is 1.77. The second-order valence-corrected chi connectivity index (χ2v) is 8.13. The van der Waals surface area contributed by atoms with Crippen molar-refractivity contribution in [3.05, 3.63) is 0 Å². The van der Waals surface area contributed by atoms with Gasteiger partial charge in [-0.25, -0.2) is 0 Å². The number of rotatable bonds is 1. The topological polar surface area (TPSA) is 3.24 Å². The fraction of sp³-hybridized carbons (Fsp3) is 1.00. The van der Waals surface area contributed by atoms with Gasteiger partial charge >= 0.3 is 0 Å². The maximum absolute atomic E-state index is 2.76. The average molecular weight is 247 g/mol. The second-order valence-electron chi connectivity index (χ2n) is 8.13. The van der Waals surface area contributed by atoms with Crippen LogP contribution in [-0.2, 0) is 0 Å². The van der Waals surface area contributed by atoms with E-state index in [-0.39, 0.29) is 0 Å². The van der Waals surface area contributed by atoms with Crippen molar-refractivity contribution >= 4 is 0 Å². The summed E-state index contributed by atoms with van der Waals surface area (Å²) in [5.41, 5.74) is 0.758. The van der Waals surface area contributed by atoms with E-state index in [0.717, 1.165) is 29.2 Å². The molecule has 5 fully saturated rings.